The van der Waals surface area contributed by atoms with Crippen molar-refractivity contribution in [2.45, 2.75) is 25.9 Å². The van der Waals surface area contributed by atoms with Crippen molar-refractivity contribution in [3.8, 4) is 6.07 Å². The van der Waals surface area contributed by atoms with Gasteiger partial charge in [0.1, 0.15) is 0 Å². The first-order valence-corrected chi connectivity index (χ1v) is 5.45. The summed E-state index contributed by atoms with van der Waals surface area (Å²) in [6.45, 7) is 2.55. The van der Waals surface area contributed by atoms with Gasteiger partial charge in [-0.05, 0) is 24.6 Å². The number of carbonyl (C=O) groups is 1. The summed E-state index contributed by atoms with van der Waals surface area (Å²) in [7, 11) is 1.38. The molecule has 4 heteroatoms. The number of rotatable bonds is 5. The Labute approximate surface area is 101 Å². The van der Waals surface area contributed by atoms with E-state index in [1.54, 1.807) is 6.07 Å². The molecule has 0 heterocycles. The molecule has 1 rings (SSSR count). The quantitative estimate of drug-likeness (QED) is 0.783. The van der Waals surface area contributed by atoms with Crippen LogP contribution in [-0.4, -0.2) is 19.1 Å². The number of hydrogen-bond donors (Lipinski definition) is 1. The van der Waals surface area contributed by atoms with E-state index in [1.165, 1.54) is 7.11 Å². The fraction of sp³-hybridized carbons (Fsp3) is 0.385. The lowest BCUT2D eigenvalue weighted by molar-refractivity contribution is -0.141. The van der Waals surface area contributed by atoms with Crippen molar-refractivity contribution in [1.29, 1.82) is 5.26 Å². The van der Waals surface area contributed by atoms with E-state index in [1.807, 2.05) is 25.1 Å². The van der Waals surface area contributed by atoms with E-state index in [0.717, 1.165) is 5.56 Å². The molecule has 0 saturated carbocycles. The highest BCUT2D eigenvalue weighted by Gasteiger charge is 2.08. The highest BCUT2D eigenvalue weighted by Crippen LogP contribution is 2.04. The molecule has 0 aliphatic heterocycles. The molecule has 0 bridgehead atoms. The Morgan fingerprint density at radius 2 is 2.35 bits per heavy atom. The highest BCUT2D eigenvalue weighted by molar-refractivity contribution is 5.69. The van der Waals surface area contributed by atoms with Gasteiger partial charge in [0.15, 0.2) is 0 Å². The predicted molar refractivity (Wildman–Crippen MR) is 64.1 cm³/mol. The molecule has 90 valence electrons. The number of esters is 1. The van der Waals surface area contributed by atoms with E-state index in [-0.39, 0.29) is 12.0 Å². The third-order valence-electron chi connectivity index (χ3n) is 2.41. The van der Waals surface area contributed by atoms with Crippen LogP contribution < -0.4 is 5.32 Å². The van der Waals surface area contributed by atoms with Crippen molar-refractivity contribution in [2.24, 2.45) is 0 Å². The predicted octanol–water partition coefficient (Wildman–Crippen LogP) is 1.60. The molecule has 0 saturated heterocycles. The van der Waals surface area contributed by atoms with E-state index in [4.69, 9.17) is 5.26 Å². The van der Waals surface area contributed by atoms with E-state index >= 15 is 0 Å². The number of carbonyl (C=O) groups excluding carboxylic acids is 1. The number of ether oxygens (including phenoxy) is 1. The minimum Gasteiger partial charge on any atom is -0.469 e. The molecule has 0 aromatic heterocycles. The Bertz CT molecular complexity index is 424. The maximum Gasteiger partial charge on any atom is 0.307 e. The number of benzene rings is 1. The Hall–Kier alpha value is -1.86. The lowest BCUT2D eigenvalue weighted by atomic mass is 10.1. The molecule has 1 atom stereocenters. The Kier molecular flexibility index (Phi) is 5.18. The van der Waals surface area contributed by atoms with Crippen LogP contribution in [0.5, 0.6) is 0 Å². The maximum absolute atomic E-state index is 11.0. The average Bonchev–Trinajstić information content (AvgIpc) is 2.36. The van der Waals surface area contributed by atoms with Crippen molar-refractivity contribution in [2.75, 3.05) is 7.11 Å². The summed E-state index contributed by atoms with van der Waals surface area (Å²) >= 11 is 0. The van der Waals surface area contributed by atoms with Crippen LogP contribution in [0.4, 0.5) is 0 Å². The minimum atomic E-state index is -0.226. The first-order valence-electron chi connectivity index (χ1n) is 5.45. The zero-order chi connectivity index (χ0) is 12.7. The van der Waals surface area contributed by atoms with Gasteiger partial charge in [-0.15, -0.1) is 0 Å². The van der Waals surface area contributed by atoms with E-state index in [9.17, 15) is 4.79 Å². The summed E-state index contributed by atoms with van der Waals surface area (Å²) in [6, 6.07) is 9.53. The third-order valence-corrected chi connectivity index (χ3v) is 2.41. The Morgan fingerprint density at radius 3 is 3.00 bits per heavy atom. The average molecular weight is 232 g/mol. The van der Waals surface area contributed by atoms with Gasteiger partial charge in [-0.2, -0.15) is 5.26 Å². The van der Waals surface area contributed by atoms with Crippen LogP contribution in [-0.2, 0) is 16.1 Å². The SMILES string of the molecule is COC(=O)CC(C)NCc1cccc(C#N)c1. The molecule has 0 fully saturated rings. The zero-order valence-corrected chi connectivity index (χ0v) is 10.1. The van der Waals surface area contributed by atoms with Crippen LogP contribution in [0.3, 0.4) is 0 Å². The smallest absolute Gasteiger partial charge is 0.307 e. The summed E-state index contributed by atoms with van der Waals surface area (Å²) in [5.41, 5.74) is 1.67. The first-order chi connectivity index (χ1) is 8.15. The summed E-state index contributed by atoms with van der Waals surface area (Å²) < 4.78 is 4.59. The van der Waals surface area contributed by atoms with Crippen LogP contribution in [0.2, 0.25) is 0 Å². The van der Waals surface area contributed by atoms with Crippen molar-refractivity contribution in [1.82, 2.24) is 5.32 Å². The Morgan fingerprint density at radius 1 is 1.59 bits per heavy atom. The summed E-state index contributed by atoms with van der Waals surface area (Å²) in [5.74, 6) is -0.226. The molecule has 0 radical (unpaired) electrons. The number of methoxy groups -OCH3 is 1. The van der Waals surface area contributed by atoms with E-state index in [2.05, 4.69) is 16.1 Å². The molecule has 0 aliphatic rings. The number of nitriles is 1. The molecule has 4 nitrogen and oxygen atoms in total. The molecule has 17 heavy (non-hydrogen) atoms. The molecular weight excluding hydrogens is 216 g/mol. The standard InChI is InChI=1S/C13H16N2O2/c1-10(6-13(16)17-2)15-9-12-5-3-4-11(7-12)8-14/h3-5,7,10,15H,6,9H2,1-2H3. The number of nitrogens with zero attached hydrogens (tertiary/aromatic N) is 1. The highest BCUT2D eigenvalue weighted by atomic mass is 16.5. The third kappa shape index (κ3) is 4.66. The summed E-state index contributed by atoms with van der Waals surface area (Å²) in [5, 5.41) is 12.0. The molecule has 1 unspecified atom stereocenters. The minimum absolute atomic E-state index is 0.0493. The van der Waals surface area contributed by atoms with E-state index < -0.39 is 0 Å². The van der Waals surface area contributed by atoms with Crippen molar-refractivity contribution in [3.63, 3.8) is 0 Å². The topological polar surface area (TPSA) is 62.1 Å². The second-order valence-electron chi connectivity index (χ2n) is 3.87. The molecular formula is C13H16N2O2. The van der Waals surface area contributed by atoms with Gasteiger partial charge in [-0.3, -0.25) is 4.79 Å². The van der Waals surface area contributed by atoms with Gasteiger partial charge in [0.05, 0.1) is 25.2 Å². The van der Waals surface area contributed by atoms with E-state index in [0.29, 0.717) is 18.5 Å². The van der Waals surface area contributed by atoms with Gasteiger partial charge in [0.25, 0.3) is 0 Å². The molecule has 1 N–H and O–H groups in total. The van der Waals surface area contributed by atoms with Crippen LogP contribution in [0.15, 0.2) is 24.3 Å². The van der Waals surface area contributed by atoms with Crippen molar-refractivity contribution < 1.29 is 9.53 Å². The van der Waals surface area contributed by atoms with Crippen LogP contribution in [0.25, 0.3) is 0 Å². The lowest BCUT2D eigenvalue weighted by Gasteiger charge is -2.12. The molecule has 1 aromatic carbocycles. The molecule has 1 aromatic rings. The van der Waals surface area contributed by atoms with Crippen molar-refractivity contribution in [3.05, 3.63) is 35.4 Å². The summed E-state index contributed by atoms with van der Waals surface area (Å²) in [4.78, 5) is 11.0. The maximum atomic E-state index is 11.0. The Balaban J connectivity index is 2.44. The van der Waals surface area contributed by atoms with Gasteiger partial charge in [0.2, 0.25) is 0 Å². The largest absolute Gasteiger partial charge is 0.469 e. The second kappa shape index (κ2) is 6.66. The van der Waals surface area contributed by atoms with Crippen molar-refractivity contribution >= 4 is 5.97 Å². The normalized spacial score (nSPS) is 11.6. The molecule has 0 aliphatic carbocycles. The van der Waals surface area contributed by atoms with Gasteiger partial charge >= 0.3 is 5.97 Å². The van der Waals surface area contributed by atoms with Crippen LogP contribution in [0.1, 0.15) is 24.5 Å². The summed E-state index contributed by atoms with van der Waals surface area (Å²) in [6.07, 6.45) is 0.342. The van der Waals surface area contributed by atoms with Gasteiger partial charge in [-0.25, -0.2) is 0 Å². The van der Waals surface area contributed by atoms with Crippen LogP contribution >= 0.6 is 0 Å². The number of nitrogens with one attached hydrogen (secondary N) is 1. The molecule has 0 amide bonds. The van der Waals surface area contributed by atoms with Gasteiger partial charge < -0.3 is 10.1 Å². The lowest BCUT2D eigenvalue weighted by Crippen LogP contribution is -2.28. The molecule has 0 spiro atoms. The number of hydrogen-bond acceptors (Lipinski definition) is 4. The van der Waals surface area contributed by atoms with Crippen LogP contribution in [0, 0.1) is 11.3 Å². The van der Waals surface area contributed by atoms with Gasteiger partial charge in [-0.1, -0.05) is 12.1 Å². The fourth-order valence-electron chi connectivity index (χ4n) is 1.45. The second-order valence-corrected chi connectivity index (χ2v) is 3.87. The zero-order valence-electron chi connectivity index (χ0n) is 10.1. The monoisotopic (exact) mass is 232 g/mol. The fourth-order valence-corrected chi connectivity index (χ4v) is 1.45. The van der Waals surface area contributed by atoms with Gasteiger partial charge in [0, 0.05) is 12.6 Å². The first kappa shape index (κ1) is 13.2.